The van der Waals surface area contributed by atoms with Crippen LogP contribution in [0.3, 0.4) is 0 Å². The van der Waals surface area contributed by atoms with Gasteiger partial charge in [-0.1, -0.05) is 31.2 Å². The highest BCUT2D eigenvalue weighted by molar-refractivity contribution is 5.90. The van der Waals surface area contributed by atoms with E-state index in [2.05, 4.69) is 40.4 Å². The minimum absolute atomic E-state index is 0.133. The van der Waals surface area contributed by atoms with E-state index in [9.17, 15) is 4.79 Å². The third-order valence-corrected chi connectivity index (χ3v) is 4.59. The van der Waals surface area contributed by atoms with Crippen molar-refractivity contribution in [2.75, 3.05) is 0 Å². The maximum atomic E-state index is 12.0. The van der Waals surface area contributed by atoms with Gasteiger partial charge in [-0.15, -0.1) is 0 Å². The van der Waals surface area contributed by atoms with E-state index in [1.54, 1.807) is 0 Å². The summed E-state index contributed by atoms with van der Waals surface area (Å²) in [6.45, 7) is 4.12. The average Bonchev–Trinajstić information content (AvgIpc) is 3.01. The summed E-state index contributed by atoms with van der Waals surface area (Å²) >= 11 is 0. The highest BCUT2D eigenvalue weighted by Gasteiger charge is 2.14. The Morgan fingerprint density at radius 2 is 2.00 bits per heavy atom. The molecular formula is C21H25N3O. The maximum absolute atomic E-state index is 12.0. The van der Waals surface area contributed by atoms with Crippen LogP contribution >= 0.6 is 0 Å². The molecule has 0 saturated carbocycles. The fourth-order valence-corrected chi connectivity index (χ4v) is 3.06. The Bertz CT molecular complexity index is 839. The zero-order valence-electron chi connectivity index (χ0n) is 14.9. The first kappa shape index (κ1) is 17.2. The number of pyridine rings is 1. The Morgan fingerprint density at radius 1 is 1.20 bits per heavy atom. The predicted molar refractivity (Wildman–Crippen MR) is 102 cm³/mol. The smallest absolute Gasteiger partial charge is 0.220 e. The first-order valence-corrected chi connectivity index (χ1v) is 8.99. The molecule has 1 aromatic carbocycles. The van der Waals surface area contributed by atoms with Crippen LogP contribution in [-0.2, 0) is 11.2 Å². The van der Waals surface area contributed by atoms with E-state index in [-0.39, 0.29) is 11.9 Å². The average molecular weight is 335 g/mol. The number of para-hydroxylation sites is 1. The highest BCUT2D eigenvalue weighted by atomic mass is 16.1. The molecule has 0 bridgehead atoms. The lowest BCUT2D eigenvalue weighted by atomic mass is 10.0. The van der Waals surface area contributed by atoms with Crippen LogP contribution in [0.15, 0.2) is 48.7 Å². The Kier molecular flexibility index (Phi) is 5.49. The molecule has 0 aliphatic carbocycles. The van der Waals surface area contributed by atoms with Gasteiger partial charge in [0.2, 0.25) is 5.91 Å². The minimum atomic E-state index is 0.133. The van der Waals surface area contributed by atoms with E-state index in [0.29, 0.717) is 6.42 Å². The van der Waals surface area contributed by atoms with Crippen LogP contribution in [0.5, 0.6) is 0 Å². The van der Waals surface area contributed by atoms with Crippen LogP contribution in [0.25, 0.3) is 22.3 Å². The van der Waals surface area contributed by atoms with Crippen LogP contribution < -0.4 is 5.32 Å². The molecule has 0 aliphatic rings. The Balaban J connectivity index is 1.79. The van der Waals surface area contributed by atoms with Crippen molar-refractivity contribution in [3.05, 3.63) is 54.2 Å². The molecule has 4 heteroatoms. The first-order chi connectivity index (χ1) is 12.2. The van der Waals surface area contributed by atoms with Crippen molar-refractivity contribution in [2.45, 2.75) is 45.6 Å². The minimum Gasteiger partial charge on any atom is -0.354 e. The predicted octanol–water partition coefficient (Wildman–Crippen LogP) is 4.47. The summed E-state index contributed by atoms with van der Waals surface area (Å²) in [4.78, 5) is 20.0. The van der Waals surface area contributed by atoms with Crippen LogP contribution in [0.1, 0.15) is 38.7 Å². The fourth-order valence-electron chi connectivity index (χ4n) is 3.06. The molecule has 0 saturated heterocycles. The number of nitrogens with zero attached hydrogens (tertiary/aromatic N) is 1. The largest absolute Gasteiger partial charge is 0.354 e. The third-order valence-electron chi connectivity index (χ3n) is 4.59. The molecule has 1 atom stereocenters. The molecule has 2 heterocycles. The molecule has 3 aromatic rings. The monoisotopic (exact) mass is 335 g/mol. The third kappa shape index (κ3) is 4.08. The van der Waals surface area contributed by atoms with Gasteiger partial charge in [0.05, 0.1) is 11.4 Å². The molecule has 25 heavy (non-hydrogen) atoms. The van der Waals surface area contributed by atoms with Crippen LogP contribution in [0.4, 0.5) is 0 Å². The van der Waals surface area contributed by atoms with Crippen molar-refractivity contribution in [3.8, 4) is 11.4 Å². The van der Waals surface area contributed by atoms with Crippen LogP contribution in [0, 0.1) is 0 Å². The topological polar surface area (TPSA) is 57.8 Å². The number of aryl methyl sites for hydroxylation is 1. The summed E-state index contributed by atoms with van der Waals surface area (Å²) in [5.74, 6) is 0.133. The summed E-state index contributed by atoms with van der Waals surface area (Å²) in [6.07, 6.45) is 4.99. The lowest BCUT2D eigenvalue weighted by Crippen LogP contribution is -2.31. The number of H-pyrrole nitrogens is 1. The SMILES string of the molecule is CCC(C)NC(=O)CCCc1c(-c2ccccn2)[nH]c2ccccc12. The fraction of sp³-hybridized carbons (Fsp3) is 0.333. The molecule has 0 radical (unpaired) electrons. The summed E-state index contributed by atoms with van der Waals surface area (Å²) in [5.41, 5.74) is 4.36. The zero-order valence-corrected chi connectivity index (χ0v) is 14.9. The number of carbonyl (C=O) groups excluding carboxylic acids is 1. The second-order valence-electron chi connectivity index (χ2n) is 6.47. The summed E-state index contributed by atoms with van der Waals surface area (Å²) in [7, 11) is 0. The van der Waals surface area contributed by atoms with E-state index >= 15 is 0 Å². The van der Waals surface area contributed by atoms with Gasteiger partial charge in [0.15, 0.2) is 0 Å². The van der Waals surface area contributed by atoms with E-state index < -0.39 is 0 Å². The van der Waals surface area contributed by atoms with E-state index in [4.69, 9.17) is 0 Å². The van der Waals surface area contributed by atoms with Crippen molar-refractivity contribution in [3.63, 3.8) is 0 Å². The normalized spacial score (nSPS) is 12.2. The van der Waals surface area contributed by atoms with Crippen molar-refractivity contribution in [1.82, 2.24) is 15.3 Å². The number of fused-ring (bicyclic) bond motifs is 1. The molecule has 0 fully saturated rings. The van der Waals surface area contributed by atoms with Crippen LogP contribution in [0.2, 0.25) is 0 Å². The van der Waals surface area contributed by atoms with Gasteiger partial charge in [-0.3, -0.25) is 9.78 Å². The number of nitrogens with one attached hydrogen (secondary N) is 2. The number of rotatable bonds is 7. The lowest BCUT2D eigenvalue weighted by Gasteiger charge is -2.11. The molecule has 4 nitrogen and oxygen atoms in total. The molecule has 0 aliphatic heterocycles. The summed E-state index contributed by atoms with van der Waals surface area (Å²) in [5, 5.41) is 4.25. The van der Waals surface area contributed by atoms with E-state index in [1.807, 2.05) is 37.4 Å². The quantitative estimate of drug-likeness (QED) is 0.669. The molecular weight excluding hydrogens is 310 g/mol. The van der Waals surface area contributed by atoms with Gasteiger partial charge in [0, 0.05) is 29.6 Å². The molecule has 1 amide bonds. The van der Waals surface area contributed by atoms with E-state index in [0.717, 1.165) is 36.2 Å². The van der Waals surface area contributed by atoms with Gasteiger partial charge < -0.3 is 10.3 Å². The number of aromatic amines is 1. The molecule has 1 unspecified atom stereocenters. The highest BCUT2D eigenvalue weighted by Crippen LogP contribution is 2.30. The number of hydrogen-bond donors (Lipinski definition) is 2. The molecule has 2 aromatic heterocycles. The molecule has 3 rings (SSSR count). The molecule has 0 spiro atoms. The number of amides is 1. The standard InChI is InChI=1S/C21H25N3O/c1-3-15(2)23-20(25)13-8-10-17-16-9-4-5-11-18(16)24-21(17)19-12-6-7-14-22-19/h4-7,9,11-12,14-15,24H,3,8,10,13H2,1-2H3,(H,23,25). The Labute approximate surface area is 148 Å². The van der Waals surface area contributed by atoms with Gasteiger partial charge in [-0.2, -0.15) is 0 Å². The van der Waals surface area contributed by atoms with Crippen molar-refractivity contribution < 1.29 is 4.79 Å². The summed E-state index contributed by atoms with van der Waals surface area (Å²) < 4.78 is 0. The van der Waals surface area contributed by atoms with Crippen molar-refractivity contribution >= 4 is 16.8 Å². The summed E-state index contributed by atoms with van der Waals surface area (Å²) in [6, 6.07) is 14.5. The number of aromatic nitrogens is 2. The Morgan fingerprint density at radius 3 is 2.76 bits per heavy atom. The van der Waals surface area contributed by atoms with Gasteiger partial charge >= 0.3 is 0 Å². The second kappa shape index (κ2) is 7.97. The zero-order chi connectivity index (χ0) is 17.6. The van der Waals surface area contributed by atoms with E-state index in [1.165, 1.54) is 10.9 Å². The lowest BCUT2D eigenvalue weighted by molar-refractivity contribution is -0.121. The van der Waals surface area contributed by atoms with Crippen LogP contribution in [-0.4, -0.2) is 21.9 Å². The Hall–Kier alpha value is -2.62. The maximum Gasteiger partial charge on any atom is 0.220 e. The number of hydrogen-bond acceptors (Lipinski definition) is 2. The van der Waals surface area contributed by atoms with Gasteiger partial charge in [-0.05, 0) is 49.9 Å². The van der Waals surface area contributed by atoms with Gasteiger partial charge in [-0.25, -0.2) is 0 Å². The van der Waals surface area contributed by atoms with Gasteiger partial charge in [0.25, 0.3) is 0 Å². The number of carbonyl (C=O) groups is 1. The number of benzene rings is 1. The molecule has 2 N–H and O–H groups in total. The second-order valence-corrected chi connectivity index (χ2v) is 6.47. The van der Waals surface area contributed by atoms with Gasteiger partial charge in [0.1, 0.15) is 0 Å². The van der Waals surface area contributed by atoms with Crippen molar-refractivity contribution in [2.24, 2.45) is 0 Å². The molecule has 130 valence electrons. The first-order valence-electron chi connectivity index (χ1n) is 8.99. The van der Waals surface area contributed by atoms with Crippen molar-refractivity contribution in [1.29, 1.82) is 0 Å².